The van der Waals surface area contributed by atoms with Crippen molar-refractivity contribution in [3.8, 4) is 0 Å². The lowest BCUT2D eigenvalue weighted by atomic mass is 10.0. The van der Waals surface area contributed by atoms with Gasteiger partial charge in [-0.05, 0) is 23.1 Å². The average Bonchev–Trinajstić information content (AvgIpc) is 3.17. The van der Waals surface area contributed by atoms with E-state index in [1.165, 1.54) is 5.56 Å². The second-order valence-corrected chi connectivity index (χ2v) is 7.02. The molecule has 6 heteroatoms. The van der Waals surface area contributed by atoms with Crippen LogP contribution in [0.2, 0.25) is 0 Å². The molecule has 1 aliphatic rings. The Labute approximate surface area is 164 Å². The number of carbonyl (C=O) groups excluding carboxylic acids is 1. The van der Waals surface area contributed by atoms with E-state index in [1.807, 2.05) is 36.4 Å². The molecule has 28 heavy (non-hydrogen) atoms. The van der Waals surface area contributed by atoms with Crippen molar-refractivity contribution in [2.45, 2.75) is 12.6 Å². The van der Waals surface area contributed by atoms with Crippen LogP contribution < -0.4 is 10.6 Å². The molecular weight excluding hydrogens is 352 g/mol. The van der Waals surface area contributed by atoms with Crippen LogP contribution in [0, 0.1) is 0 Å². The molecule has 6 nitrogen and oxygen atoms in total. The van der Waals surface area contributed by atoms with Gasteiger partial charge in [0.05, 0.1) is 25.8 Å². The van der Waals surface area contributed by atoms with Gasteiger partial charge >= 0.3 is 6.03 Å². The van der Waals surface area contributed by atoms with Gasteiger partial charge in [0.2, 0.25) is 0 Å². The van der Waals surface area contributed by atoms with E-state index in [2.05, 4.69) is 44.8 Å². The van der Waals surface area contributed by atoms with Crippen LogP contribution in [-0.4, -0.2) is 48.8 Å². The maximum Gasteiger partial charge on any atom is 0.315 e. The minimum absolute atomic E-state index is 0.143. The van der Waals surface area contributed by atoms with Crippen molar-refractivity contribution in [2.75, 3.05) is 32.8 Å². The summed E-state index contributed by atoms with van der Waals surface area (Å²) in [5.41, 5.74) is 3.28. The molecule has 146 valence electrons. The number of rotatable bonds is 6. The fraction of sp³-hybridized carbons (Fsp3) is 0.318. The number of morpholine rings is 1. The first kappa shape index (κ1) is 18.5. The Kier molecular flexibility index (Phi) is 5.89. The van der Waals surface area contributed by atoms with Crippen molar-refractivity contribution >= 4 is 16.9 Å². The predicted octanol–water partition coefficient (Wildman–Crippen LogP) is 3.04. The van der Waals surface area contributed by atoms with E-state index < -0.39 is 0 Å². The van der Waals surface area contributed by atoms with Crippen molar-refractivity contribution < 1.29 is 9.53 Å². The smallest absolute Gasteiger partial charge is 0.315 e. The Morgan fingerprint density at radius 2 is 1.79 bits per heavy atom. The van der Waals surface area contributed by atoms with Crippen molar-refractivity contribution in [3.05, 3.63) is 71.9 Å². The summed E-state index contributed by atoms with van der Waals surface area (Å²) in [5.74, 6) is 0. The number of aromatic nitrogens is 1. The number of carbonyl (C=O) groups is 1. The van der Waals surface area contributed by atoms with Crippen LogP contribution in [0.5, 0.6) is 0 Å². The first-order valence-corrected chi connectivity index (χ1v) is 9.75. The van der Waals surface area contributed by atoms with Crippen molar-refractivity contribution in [3.63, 3.8) is 0 Å². The third-order valence-electron chi connectivity index (χ3n) is 5.15. The highest BCUT2D eigenvalue weighted by Gasteiger charge is 2.23. The van der Waals surface area contributed by atoms with Gasteiger partial charge in [-0.1, -0.05) is 48.5 Å². The molecular formula is C22H26N4O2. The number of para-hydroxylation sites is 1. The van der Waals surface area contributed by atoms with Gasteiger partial charge in [-0.25, -0.2) is 4.79 Å². The molecule has 0 aliphatic carbocycles. The molecule has 1 atom stereocenters. The monoisotopic (exact) mass is 378 g/mol. The molecule has 0 saturated carbocycles. The summed E-state index contributed by atoms with van der Waals surface area (Å²) in [7, 11) is 0. The van der Waals surface area contributed by atoms with E-state index in [0.717, 1.165) is 42.9 Å². The number of nitrogens with one attached hydrogen (secondary N) is 3. The highest BCUT2D eigenvalue weighted by Crippen LogP contribution is 2.21. The lowest BCUT2D eigenvalue weighted by Crippen LogP contribution is -2.45. The van der Waals surface area contributed by atoms with E-state index in [4.69, 9.17) is 4.74 Å². The Hall–Kier alpha value is -2.83. The third kappa shape index (κ3) is 4.52. The van der Waals surface area contributed by atoms with Crippen LogP contribution in [0.15, 0.2) is 60.7 Å². The number of nitrogens with zero attached hydrogens (tertiary/aromatic N) is 1. The largest absolute Gasteiger partial charge is 0.379 e. The fourth-order valence-electron chi connectivity index (χ4n) is 3.68. The highest BCUT2D eigenvalue weighted by atomic mass is 16.5. The second-order valence-electron chi connectivity index (χ2n) is 7.02. The summed E-state index contributed by atoms with van der Waals surface area (Å²) in [6, 6.07) is 20.5. The number of ether oxygens (including phenoxy) is 1. The zero-order valence-electron chi connectivity index (χ0n) is 15.9. The van der Waals surface area contributed by atoms with Crippen LogP contribution in [-0.2, 0) is 11.3 Å². The molecule has 2 aromatic carbocycles. The molecule has 1 unspecified atom stereocenters. The molecule has 1 saturated heterocycles. The van der Waals surface area contributed by atoms with Gasteiger partial charge in [-0.15, -0.1) is 0 Å². The van der Waals surface area contributed by atoms with Gasteiger partial charge in [0.15, 0.2) is 0 Å². The first-order chi connectivity index (χ1) is 13.8. The molecule has 1 aliphatic heterocycles. The number of aromatic amines is 1. The molecule has 4 rings (SSSR count). The van der Waals surface area contributed by atoms with Crippen LogP contribution in [0.4, 0.5) is 4.79 Å². The first-order valence-electron chi connectivity index (χ1n) is 9.75. The van der Waals surface area contributed by atoms with Crippen LogP contribution in [0.1, 0.15) is 17.3 Å². The second kappa shape index (κ2) is 8.91. The van der Waals surface area contributed by atoms with E-state index in [-0.39, 0.29) is 12.1 Å². The molecule has 0 spiro atoms. The fourth-order valence-corrected chi connectivity index (χ4v) is 3.68. The quantitative estimate of drug-likeness (QED) is 0.618. The molecule has 1 aromatic heterocycles. The lowest BCUT2D eigenvalue weighted by Gasteiger charge is -2.34. The lowest BCUT2D eigenvalue weighted by molar-refractivity contribution is 0.0167. The van der Waals surface area contributed by atoms with Crippen molar-refractivity contribution in [1.82, 2.24) is 20.5 Å². The number of hydrogen-bond donors (Lipinski definition) is 3. The van der Waals surface area contributed by atoms with Gasteiger partial charge in [0, 0.05) is 30.8 Å². The maximum absolute atomic E-state index is 12.4. The minimum Gasteiger partial charge on any atom is -0.379 e. The summed E-state index contributed by atoms with van der Waals surface area (Å²) in [6.45, 7) is 4.23. The Morgan fingerprint density at radius 1 is 1.04 bits per heavy atom. The number of urea groups is 1. The Bertz CT molecular complexity index is 870. The summed E-state index contributed by atoms with van der Waals surface area (Å²) in [6.07, 6.45) is 0. The van der Waals surface area contributed by atoms with Crippen LogP contribution >= 0.6 is 0 Å². The Balaban J connectivity index is 1.34. The summed E-state index contributed by atoms with van der Waals surface area (Å²) >= 11 is 0. The van der Waals surface area contributed by atoms with E-state index in [1.54, 1.807) is 0 Å². The minimum atomic E-state index is -0.159. The molecule has 0 bridgehead atoms. The molecule has 2 heterocycles. The molecule has 3 N–H and O–H groups in total. The molecule has 2 amide bonds. The number of H-pyrrole nitrogens is 1. The number of fused-ring (bicyclic) bond motifs is 1. The zero-order valence-corrected chi connectivity index (χ0v) is 15.9. The van der Waals surface area contributed by atoms with Crippen molar-refractivity contribution in [1.29, 1.82) is 0 Å². The van der Waals surface area contributed by atoms with E-state index >= 15 is 0 Å². The molecule has 3 aromatic rings. The summed E-state index contributed by atoms with van der Waals surface area (Å²) in [5, 5.41) is 7.13. The molecule has 0 radical (unpaired) electrons. The third-order valence-corrected chi connectivity index (χ3v) is 5.15. The molecule has 1 fully saturated rings. The maximum atomic E-state index is 12.4. The van der Waals surface area contributed by atoms with Gasteiger partial charge < -0.3 is 20.4 Å². The Morgan fingerprint density at radius 3 is 2.57 bits per heavy atom. The van der Waals surface area contributed by atoms with Gasteiger partial charge in [0.1, 0.15) is 0 Å². The van der Waals surface area contributed by atoms with Crippen LogP contribution in [0.3, 0.4) is 0 Å². The van der Waals surface area contributed by atoms with E-state index in [9.17, 15) is 4.79 Å². The standard InChI is InChI=1S/C22H26N4O2/c27-22(23-15-19-14-18-8-4-5-9-20(18)25-19)24-16-21(17-6-2-1-3-7-17)26-10-12-28-13-11-26/h1-9,14,21,25H,10-13,15-16H2,(H2,23,24,27). The topological polar surface area (TPSA) is 69.4 Å². The number of hydrogen-bond acceptors (Lipinski definition) is 3. The SMILES string of the molecule is O=C(NCc1cc2ccccc2[nH]1)NCC(c1ccccc1)N1CCOCC1. The summed E-state index contributed by atoms with van der Waals surface area (Å²) in [4.78, 5) is 18.1. The average molecular weight is 378 g/mol. The van der Waals surface area contributed by atoms with Crippen molar-refractivity contribution in [2.24, 2.45) is 0 Å². The van der Waals surface area contributed by atoms with Crippen LogP contribution in [0.25, 0.3) is 10.9 Å². The summed E-state index contributed by atoms with van der Waals surface area (Å²) < 4.78 is 5.48. The normalized spacial score (nSPS) is 16.0. The number of benzene rings is 2. The zero-order chi connectivity index (χ0) is 19.2. The highest BCUT2D eigenvalue weighted by molar-refractivity contribution is 5.80. The van der Waals surface area contributed by atoms with E-state index in [0.29, 0.717) is 13.1 Å². The van der Waals surface area contributed by atoms with Gasteiger partial charge in [-0.2, -0.15) is 0 Å². The van der Waals surface area contributed by atoms with Gasteiger partial charge in [0.25, 0.3) is 0 Å². The number of amides is 2. The van der Waals surface area contributed by atoms with Gasteiger partial charge in [-0.3, -0.25) is 4.90 Å². The predicted molar refractivity (Wildman–Crippen MR) is 110 cm³/mol.